The van der Waals surface area contributed by atoms with E-state index >= 15 is 0 Å². The maximum Gasteiger partial charge on any atom is 0.166 e. The van der Waals surface area contributed by atoms with Crippen molar-refractivity contribution < 1.29 is 9.53 Å². The molecule has 1 aliphatic rings. The molecule has 0 aromatic heterocycles. The fraction of sp³-hybridized carbons (Fsp3) is 0.500. The lowest BCUT2D eigenvalue weighted by Crippen LogP contribution is -2.15. The molecule has 0 amide bonds. The van der Waals surface area contributed by atoms with Crippen molar-refractivity contribution in [3.05, 3.63) is 28.2 Å². The Morgan fingerprint density at radius 2 is 2.17 bits per heavy atom. The van der Waals surface area contributed by atoms with Crippen LogP contribution in [-0.2, 0) is 0 Å². The minimum absolute atomic E-state index is 0.205. The number of carbonyl (C=O) groups excluding carboxylic acids is 1. The monoisotopic (exact) mass is 328 g/mol. The van der Waals surface area contributed by atoms with Crippen molar-refractivity contribution in [1.29, 1.82) is 0 Å². The molecule has 2 nitrogen and oxygen atoms in total. The van der Waals surface area contributed by atoms with Gasteiger partial charge in [0.25, 0.3) is 0 Å². The van der Waals surface area contributed by atoms with Crippen LogP contribution in [0.5, 0.6) is 5.75 Å². The molecule has 18 heavy (non-hydrogen) atoms. The Balaban J connectivity index is 2.08. The molecule has 2 rings (SSSR count). The Kier molecular flexibility index (Phi) is 5.13. The summed E-state index contributed by atoms with van der Waals surface area (Å²) in [5, 5.41) is 0. The van der Waals surface area contributed by atoms with E-state index in [0.717, 1.165) is 17.3 Å². The Morgan fingerprint density at radius 1 is 1.44 bits per heavy atom. The van der Waals surface area contributed by atoms with Crippen molar-refractivity contribution in [3.63, 3.8) is 0 Å². The molecule has 0 spiro atoms. The summed E-state index contributed by atoms with van der Waals surface area (Å²) < 4.78 is 6.22. The molecule has 0 aliphatic carbocycles. The number of ketones is 1. The summed E-state index contributed by atoms with van der Waals surface area (Å²) in [6, 6.07) is 5.60. The van der Waals surface area contributed by atoms with Crippen LogP contribution in [0.3, 0.4) is 0 Å². The lowest BCUT2D eigenvalue weighted by Gasteiger charge is -2.20. The zero-order valence-corrected chi connectivity index (χ0v) is 12.9. The van der Waals surface area contributed by atoms with Crippen LogP contribution >= 0.6 is 27.7 Å². The molecule has 1 aliphatic heterocycles. The first-order valence-corrected chi connectivity index (χ1v) is 8.10. The summed E-state index contributed by atoms with van der Waals surface area (Å²) >= 11 is 5.38. The van der Waals surface area contributed by atoms with Gasteiger partial charge in [-0.2, -0.15) is 11.8 Å². The average molecular weight is 329 g/mol. The van der Waals surface area contributed by atoms with E-state index in [1.165, 1.54) is 11.5 Å². The predicted molar refractivity (Wildman–Crippen MR) is 79.7 cm³/mol. The first-order chi connectivity index (χ1) is 8.70. The molecule has 0 saturated carbocycles. The number of Topliss-reactive ketones (excluding diaryl/α,β-unsaturated/α-hetero) is 1. The second-order valence-electron chi connectivity index (χ2n) is 4.53. The lowest BCUT2D eigenvalue weighted by molar-refractivity contribution is 0.0955. The fourth-order valence-corrected chi connectivity index (χ4v) is 3.76. The van der Waals surface area contributed by atoms with Gasteiger partial charge in [0.15, 0.2) is 5.78 Å². The number of benzene rings is 1. The van der Waals surface area contributed by atoms with E-state index in [9.17, 15) is 4.79 Å². The van der Waals surface area contributed by atoms with Gasteiger partial charge in [-0.3, -0.25) is 4.79 Å². The van der Waals surface area contributed by atoms with Crippen LogP contribution in [0.4, 0.5) is 0 Å². The molecule has 1 heterocycles. The first kappa shape index (κ1) is 13.9. The van der Waals surface area contributed by atoms with Crippen LogP contribution in [0.25, 0.3) is 0 Å². The number of ether oxygens (including phenoxy) is 1. The van der Waals surface area contributed by atoms with Gasteiger partial charge in [0, 0.05) is 10.9 Å². The quantitative estimate of drug-likeness (QED) is 0.776. The standard InChI is InChI=1S/C14H17BrO2S/c1-17-14-9-11(15)2-3-12(14)13(16)8-10-4-6-18-7-5-10/h2-3,9-10H,4-8H2,1H3. The smallest absolute Gasteiger partial charge is 0.166 e. The molecule has 0 bridgehead atoms. The molecule has 0 unspecified atom stereocenters. The van der Waals surface area contributed by atoms with Crippen molar-refractivity contribution in [1.82, 2.24) is 0 Å². The van der Waals surface area contributed by atoms with E-state index < -0.39 is 0 Å². The van der Waals surface area contributed by atoms with Crippen molar-refractivity contribution in [3.8, 4) is 5.75 Å². The largest absolute Gasteiger partial charge is 0.496 e. The van der Waals surface area contributed by atoms with Crippen LogP contribution in [-0.4, -0.2) is 24.4 Å². The van der Waals surface area contributed by atoms with Crippen molar-refractivity contribution in [2.45, 2.75) is 19.3 Å². The third-order valence-corrected chi connectivity index (χ3v) is 4.82. The normalized spacial score (nSPS) is 16.6. The minimum Gasteiger partial charge on any atom is -0.496 e. The summed E-state index contributed by atoms with van der Waals surface area (Å²) in [7, 11) is 1.61. The SMILES string of the molecule is COc1cc(Br)ccc1C(=O)CC1CCSCC1. The Morgan fingerprint density at radius 3 is 2.83 bits per heavy atom. The van der Waals surface area contributed by atoms with Gasteiger partial charge >= 0.3 is 0 Å². The molecule has 1 fully saturated rings. The minimum atomic E-state index is 0.205. The van der Waals surface area contributed by atoms with Gasteiger partial charge in [-0.1, -0.05) is 15.9 Å². The number of hydrogen-bond acceptors (Lipinski definition) is 3. The number of hydrogen-bond donors (Lipinski definition) is 0. The van der Waals surface area contributed by atoms with Gasteiger partial charge in [-0.15, -0.1) is 0 Å². The average Bonchev–Trinajstić information content (AvgIpc) is 2.39. The number of rotatable bonds is 4. The number of thioether (sulfide) groups is 1. The topological polar surface area (TPSA) is 26.3 Å². The van der Waals surface area contributed by atoms with E-state index in [4.69, 9.17) is 4.74 Å². The third-order valence-electron chi connectivity index (χ3n) is 3.28. The molecule has 0 atom stereocenters. The van der Waals surface area contributed by atoms with Gasteiger partial charge in [0.1, 0.15) is 5.75 Å². The van der Waals surface area contributed by atoms with Gasteiger partial charge < -0.3 is 4.74 Å². The van der Waals surface area contributed by atoms with Crippen molar-refractivity contribution >= 4 is 33.5 Å². The number of methoxy groups -OCH3 is 1. The zero-order valence-electron chi connectivity index (χ0n) is 10.4. The first-order valence-electron chi connectivity index (χ1n) is 6.15. The van der Waals surface area contributed by atoms with Crippen LogP contribution in [0, 0.1) is 5.92 Å². The second kappa shape index (κ2) is 6.62. The van der Waals surface area contributed by atoms with Gasteiger partial charge in [-0.05, 0) is 48.5 Å². The molecule has 0 radical (unpaired) electrons. The molecule has 1 aromatic rings. The second-order valence-corrected chi connectivity index (χ2v) is 6.67. The predicted octanol–water partition coefficient (Wildman–Crippen LogP) is 4.17. The maximum absolute atomic E-state index is 12.3. The zero-order chi connectivity index (χ0) is 13.0. The van der Waals surface area contributed by atoms with Crippen LogP contribution in [0.1, 0.15) is 29.6 Å². The molecule has 4 heteroatoms. The van der Waals surface area contributed by atoms with E-state index in [-0.39, 0.29) is 5.78 Å². The summed E-state index contributed by atoms with van der Waals surface area (Å²) in [6.45, 7) is 0. The summed E-state index contributed by atoms with van der Waals surface area (Å²) in [5.41, 5.74) is 0.707. The molecule has 98 valence electrons. The number of carbonyl (C=O) groups is 1. The van der Waals surface area contributed by atoms with E-state index in [1.807, 2.05) is 30.0 Å². The van der Waals surface area contributed by atoms with Crippen molar-refractivity contribution in [2.24, 2.45) is 5.92 Å². The highest BCUT2D eigenvalue weighted by Crippen LogP contribution is 2.29. The molecule has 1 aromatic carbocycles. The highest BCUT2D eigenvalue weighted by atomic mass is 79.9. The molecular formula is C14H17BrO2S. The molecular weight excluding hydrogens is 312 g/mol. The van der Waals surface area contributed by atoms with Gasteiger partial charge in [0.2, 0.25) is 0 Å². The third kappa shape index (κ3) is 3.51. The molecule has 0 N–H and O–H groups in total. The Labute approximate surface area is 121 Å². The van der Waals surface area contributed by atoms with Crippen molar-refractivity contribution in [2.75, 3.05) is 18.6 Å². The Hall–Kier alpha value is -0.480. The summed E-state index contributed by atoms with van der Waals surface area (Å²) in [6.07, 6.45) is 2.98. The highest BCUT2D eigenvalue weighted by molar-refractivity contribution is 9.10. The summed E-state index contributed by atoms with van der Waals surface area (Å²) in [4.78, 5) is 12.3. The molecule has 1 saturated heterocycles. The van der Waals surface area contributed by atoms with Crippen LogP contribution in [0.15, 0.2) is 22.7 Å². The van der Waals surface area contributed by atoms with Gasteiger partial charge in [0.05, 0.1) is 12.7 Å². The Bertz CT molecular complexity index is 428. The number of halogens is 1. The van der Waals surface area contributed by atoms with Crippen LogP contribution < -0.4 is 4.74 Å². The summed E-state index contributed by atoms with van der Waals surface area (Å²) in [5.74, 6) is 3.80. The van der Waals surface area contributed by atoms with E-state index in [1.54, 1.807) is 7.11 Å². The van der Waals surface area contributed by atoms with E-state index in [0.29, 0.717) is 23.7 Å². The van der Waals surface area contributed by atoms with Gasteiger partial charge in [-0.25, -0.2) is 0 Å². The fourth-order valence-electron chi connectivity index (χ4n) is 2.22. The van der Waals surface area contributed by atoms with Crippen LogP contribution in [0.2, 0.25) is 0 Å². The lowest BCUT2D eigenvalue weighted by atomic mass is 9.93. The van der Waals surface area contributed by atoms with E-state index in [2.05, 4.69) is 15.9 Å². The maximum atomic E-state index is 12.3. The highest BCUT2D eigenvalue weighted by Gasteiger charge is 2.20.